The number of nitrogens with zero attached hydrogens (tertiary/aromatic N) is 6. The number of amides is 17. The molecule has 0 saturated carbocycles. The molecule has 43 heteroatoms. The molecule has 136 heavy (non-hydrogen) atoms. The maximum absolute atomic E-state index is 16.1. The molecule has 2 aromatic heterocycles. The number of benzene rings is 3. The van der Waals surface area contributed by atoms with Crippen molar-refractivity contribution in [2.75, 3.05) is 67.0 Å². The van der Waals surface area contributed by atoms with Crippen molar-refractivity contribution < 1.29 is 101 Å². The third kappa shape index (κ3) is 30.2. The Balaban J connectivity index is 1.22. The van der Waals surface area contributed by atoms with Crippen molar-refractivity contribution in [3.63, 3.8) is 0 Å². The van der Waals surface area contributed by atoms with E-state index >= 15 is 33.6 Å². The third-order valence-corrected chi connectivity index (χ3v) is 24.7. The molecule has 744 valence electrons. The second-order valence-electron chi connectivity index (χ2n) is 36.0. The number of fused-ring (bicyclic) bond motifs is 4. The molecular formula is C93H136N22O21. The van der Waals surface area contributed by atoms with Crippen LogP contribution in [0.4, 0.5) is 0 Å². The first-order valence-electron chi connectivity index (χ1n) is 46.4. The van der Waals surface area contributed by atoms with Crippen LogP contribution in [0.2, 0.25) is 0 Å². The van der Waals surface area contributed by atoms with Crippen LogP contribution in [-0.4, -0.2) is 309 Å². The summed E-state index contributed by atoms with van der Waals surface area (Å²) in [7, 11) is 3.96. The zero-order chi connectivity index (χ0) is 99.9. The number of phenolic OH excluding ortho intramolecular Hbond substituents is 1. The summed E-state index contributed by atoms with van der Waals surface area (Å²) in [6.45, 7) is 8.97. The number of aromatic nitrogens is 2. The van der Waals surface area contributed by atoms with Gasteiger partial charge in [-0.2, -0.15) is 0 Å². The zero-order valence-corrected chi connectivity index (χ0v) is 79.0. The fourth-order valence-corrected chi connectivity index (χ4v) is 17.2. The molecule has 5 heterocycles. The predicted molar refractivity (Wildman–Crippen MR) is 499 cm³/mol. The second kappa shape index (κ2) is 52.1. The average Bonchev–Trinajstić information content (AvgIpc) is 1.56. The van der Waals surface area contributed by atoms with Gasteiger partial charge in [-0.3, -0.25) is 86.3 Å². The molecule has 22 N–H and O–H groups in total. The number of ether oxygens (including phenoxy) is 1. The van der Waals surface area contributed by atoms with Gasteiger partial charge in [0.15, 0.2) is 6.73 Å². The highest BCUT2D eigenvalue weighted by Crippen LogP contribution is 2.29. The maximum atomic E-state index is 16.1. The van der Waals surface area contributed by atoms with Crippen LogP contribution in [0.1, 0.15) is 161 Å². The van der Waals surface area contributed by atoms with Gasteiger partial charge >= 0.3 is 0 Å². The minimum Gasteiger partial charge on any atom is -0.508 e. The summed E-state index contributed by atoms with van der Waals surface area (Å²) >= 11 is 0. The second-order valence-corrected chi connectivity index (χ2v) is 36.0. The minimum absolute atomic E-state index is 0.000172. The number of hydrogen-bond acceptors (Lipinski definition) is 24. The van der Waals surface area contributed by atoms with E-state index in [9.17, 15) is 63.0 Å². The zero-order valence-electron chi connectivity index (χ0n) is 79.0. The van der Waals surface area contributed by atoms with Crippen LogP contribution in [-0.2, 0) is 117 Å². The summed E-state index contributed by atoms with van der Waals surface area (Å²) in [4.78, 5) is 271. The first kappa shape index (κ1) is 108. The summed E-state index contributed by atoms with van der Waals surface area (Å²) in [6.07, 6.45) is 2.01. The predicted octanol–water partition coefficient (Wildman–Crippen LogP) is -2.56. The van der Waals surface area contributed by atoms with E-state index in [4.69, 9.17) is 27.7 Å². The van der Waals surface area contributed by atoms with Gasteiger partial charge in [0, 0.05) is 102 Å². The number of carbonyl (C=O) groups excluding carboxylic acids is 18. The number of carbonyl (C=O) groups is 18. The molecule has 3 saturated heterocycles. The first-order valence-corrected chi connectivity index (χ1v) is 46.4. The first-order chi connectivity index (χ1) is 64.7. The van der Waals surface area contributed by atoms with Crippen LogP contribution in [0, 0.1) is 11.8 Å². The van der Waals surface area contributed by atoms with Gasteiger partial charge in [0.1, 0.15) is 90.3 Å². The number of aliphatic hydroxyl groups is 1. The van der Waals surface area contributed by atoms with Crippen LogP contribution < -0.4 is 81.4 Å². The molecule has 0 bridgehead atoms. The largest absolute Gasteiger partial charge is 0.508 e. The number of primary amides is 2. The van der Waals surface area contributed by atoms with Crippen molar-refractivity contribution >= 4 is 129 Å². The molecule has 3 aliphatic rings. The fourth-order valence-electron chi connectivity index (χ4n) is 17.2. The van der Waals surface area contributed by atoms with Crippen LogP contribution in [0.25, 0.3) is 21.8 Å². The Bertz CT molecular complexity index is 5040. The number of unbranched alkanes of at least 4 members (excludes halogenated alkanes) is 3. The summed E-state index contributed by atoms with van der Waals surface area (Å²) in [5.74, 6) is -16.5. The van der Waals surface area contributed by atoms with Crippen LogP contribution in [0.5, 0.6) is 5.75 Å². The van der Waals surface area contributed by atoms with E-state index in [2.05, 4.69) is 63.5 Å². The average molecular weight is 1900 g/mol. The molecule has 1 unspecified atom stereocenters. The van der Waals surface area contributed by atoms with Crippen molar-refractivity contribution in [1.82, 2.24) is 92.5 Å². The highest BCUT2D eigenvalue weighted by Gasteiger charge is 2.47. The van der Waals surface area contributed by atoms with Gasteiger partial charge in [0.2, 0.25) is 100 Å². The van der Waals surface area contributed by atoms with E-state index in [0.717, 1.165) is 14.7 Å². The lowest BCUT2D eigenvalue weighted by molar-refractivity contribution is -0.149. The standard InChI is InChI=1S/C93H136N22O21/c1-11-13-26-73-86(128)103-64(36-52(3)4)83(125)109-71(81(123)100-46-78(97)120)45-98-47-79(121)101-67(38-55-30-32-58(117)33-31-55)89(131)110(8)54(7)80(122)105-69(42-77(96)119)91(133)114-35-21-29-74(114)87(129)108-70(43-95)85(127)106-66(37-53(5)6)92(134)115-49-59(118)41-76(115)88(130)104-65(39-56-44-99-62-24-17-15-22-60(56)62)84(126)102-63(25-19-20-34-94)82(124)107-68(90(132)112(10)75(27-14-12-2)93(135)111(73)9)40-57-48-113(50-136-51-116)72-28-18-16-23-61(57)72/h15-18,22-24,28,30-33,44,48,51-54,59,63-71,73-76,98-99,117-118H,11-14,19-21,25-27,29,34-43,45-47,49-50,94-95H2,1-10H3,(H2,96,119)(H2,97,120)(H,100,123)(H,101,121)(H,102,126)(H,103,128)(H,104,130)(H,105,122)(H,106,127)(H,107,124)(H,108,129)(H,109,125)/t54-,59+,63-,64?,65-,66-,67-,68-,69-,70-,71-,73-,74-,75-,76-/m0/s1. The van der Waals surface area contributed by atoms with Crippen molar-refractivity contribution in [3.05, 3.63) is 102 Å². The highest BCUT2D eigenvalue weighted by molar-refractivity contribution is 6.02. The lowest BCUT2D eigenvalue weighted by atomic mass is 9.99. The van der Waals surface area contributed by atoms with Crippen LogP contribution in [0.3, 0.4) is 0 Å². The number of rotatable bonds is 29. The molecule has 3 fully saturated rings. The molecule has 5 aromatic rings. The molecule has 0 spiro atoms. The Morgan fingerprint density at radius 2 is 1.11 bits per heavy atom. The molecule has 8 rings (SSSR count). The summed E-state index contributed by atoms with van der Waals surface area (Å²) in [6, 6.07) is -1.71. The molecular weight excluding hydrogens is 1760 g/mol. The molecule has 43 nitrogen and oxygen atoms in total. The lowest BCUT2D eigenvalue weighted by Gasteiger charge is -2.36. The van der Waals surface area contributed by atoms with Crippen molar-refractivity contribution in [2.45, 2.75) is 261 Å². The highest BCUT2D eigenvalue weighted by atomic mass is 16.5. The Morgan fingerprint density at radius 3 is 1.76 bits per heavy atom. The van der Waals surface area contributed by atoms with E-state index < -0.39 is 230 Å². The van der Waals surface area contributed by atoms with Gasteiger partial charge in [-0.25, -0.2) is 0 Å². The number of aliphatic hydroxyl groups excluding tert-OH is 1. The van der Waals surface area contributed by atoms with Gasteiger partial charge in [-0.15, -0.1) is 0 Å². The van der Waals surface area contributed by atoms with Gasteiger partial charge in [-0.05, 0) is 124 Å². The van der Waals surface area contributed by atoms with Crippen LogP contribution >= 0.6 is 0 Å². The van der Waals surface area contributed by atoms with Crippen molar-refractivity contribution in [1.29, 1.82) is 0 Å². The van der Waals surface area contributed by atoms with E-state index in [1.54, 1.807) is 93.2 Å². The number of nitrogens with one attached hydrogen (secondary N) is 12. The molecule has 17 amide bonds. The smallest absolute Gasteiger partial charge is 0.294 e. The summed E-state index contributed by atoms with van der Waals surface area (Å²) in [5.41, 5.74) is 26.0. The SMILES string of the molecule is CCCC[C@H]1C(=O)N(C)[C@@H](CCCC)C(=O)NC(CC(C)C)C(=O)N[C@H](C(=O)NCC(N)=O)CNCC(=O)N[C@@H](Cc2ccc(O)cc2)C(=O)N(C)[C@@H](C)C(=O)N[C@@H](CC(N)=O)C(=O)N2CCC[C@H]2C(=O)N[C@@H](CN)C(=O)N[C@@H](CC(C)C)C(=O)N2C[C@H](O)C[C@H]2C(=O)N[C@@H](Cc2c[nH]c3ccccc23)C(=O)N[C@@H](CCCCN)C(=O)N[C@@H](Cc2cn(COC=O)c3ccccc23)C(=O)N1C. The number of nitrogens with two attached hydrogens (primary N) is 4. The third-order valence-electron chi connectivity index (χ3n) is 24.7. The Kier molecular flexibility index (Phi) is 41.4. The van der Waals surface area contributed by atoms with E-state index in [0.29, 0.717) is 70.6 Å². The normalized spacial score (nSPS) is 24.7. The minimum atomic E-state index is -1.77. The maximum Gasteiger partial charge on any atom is 0.294 e. The number of hydrogen-bond donors (Lipinski definition) is 18. The molecule has 0 radical (unpaired) electrons. The van der Waals surface area contributed by atoms with E-state index in [-0.39, 0.29) is 121 Å². The molecule has 3 aromatic carbocycles. The summed E-state index contributed by atoms with van der Waals surface area (Å²) < 4.78 is 6.82. The Morgan fingerprint density at radius 1 is 0.551 bits per heavy atom. The molecule has 15 atom stereocenters. The molecule has 0 aliphatic carbocycles. The monoisotopic (exact) mass is 1900 g/mol. The number of phenols is 1. The van der Waals surface area contributed by atoms with Gasteiger partial charge in [0.25, 0.3) is 6.47 Å². The van der Waals surface area contributed by atoms with Gasteiger partial charge in [0.05, 0.1) is 31.1 Å². The Hall–Kier alpha value is -13.2. The van der Waals surface area contributed by atoms with Crippen LogP contribution in [0.15, 0.2) is 85.2 Å². The number of likely N-dealkylation sites (N-methyl/N-ethyl adjacent to an activating group) is 3. The number of aromatic hydroxyl groups is 1. The fraction of sp³-hybridized carbons (Fsp3) is 0.570. The van der Waals surface area contributed by atoms with Gasteiger partial charge in [-0.1, -0.05) is 116 Å². The summed E-state index contributed by atoms with van der Waals surface area (Å²) in [5, 5.41) is 52.4. The lowest BCUT2D eigenvalue weighted by Crippen LogP contribution is -2.61. The molecule has 3 aliphatic heterocycles. The van der Waals surface area contributed by atoms with Crippen molar-refractivity contribution in [3.8, 4) is 5.75 Å². The van der Waals surface area contributed by atoms with Gasteiger partial charge < -0.3 is 130 Å². The Labute approximate surface area is 789 Å². The topological polar surface area (TPSA) is 630 Å². The quantitative estimate of drug-likeness (QED) is 0.0173. The number of para-hydroxylation sites is 2. The van der Waals surface area contributed by atoms with Crippen molar-refractivity contribution in [2.24, 2.45) is 34.8 Å². The van der Waals surface area contributed by atoms with E-state index in [1.807, 2.05) is 13.8 Å². The van der Waals surface area contributed by atoms with E-state index in [1.165, 1.54) is 62.1 Å². The number of H-pyrrole nitrogens is 1. The number of aromatic amines is 1.